The molecule has 2 aromatic rings. The van der Waals surface area contributed by atoms with Crippen LogP contribution in [0.5, 0.6) is 0 Å². The van der Waals surface area contributed by atoms with E-state index in [9.17, 15) is 13.2 Å². The highest BCUT2D eigenvalue weighted by atomic mass is 35.5. The van der Waals surface area contributed by atoms with Gasteiger partial charge in [-0.15, -0.1) is 11.3 Å². The van der Waals surface area contributed by atoms with Gasteiger partial charge in [0.2, 0.25) is 15.9 Å². The van der Waals surface area contributed by atoms with Crippen molar-refractivity contribution in [2.75, 3.05) is 24.7 Å². The van der Waals surface area contributed by atoms with Crippen molar-refractivity contribution < 1.29 is 13.2 Å². The van der Waals surface area contributed by atoms with Gasteiger partial charge in [0.15, 0.2) is 5.13 Å². The van der Waals surface area contributed by atoms with E-state index in [4.69, 9.17) is 11.6 Å². The molecule has 0 spiro atoms. The number of benzene rings is 1. The van der Waals surface area contributed by atoms with Gasteiger partial charge in [-0.05, 0) is 49.5 Å². The van der Waals surface area contributed by atoms with Crippen molar-refractivity contribution in [1.82, 2.24) is 9.29 Å². The Morgan fingerprint density at radius 2 is 1.90 bits per heavy atom. The van der Waals surface area contributed by atoms with Gasteiger partial charge in [0.1, 0.15) is 0 Å². The van der Waals surface area contributed by atoms with Crippen molar-refractivity contribution in [3.8, 4) is 11.3 Å². The quantitative estimate of drug-likeness (QED) is 0.716. The minimum Gasteiger partial charge on any atom is -0.301 e. The molecular formula is C21H24ClN3O3S2. The molecule has 1 aromatic carbocycles. The van der Waals surface area contributed by atoms with Gasteiger partial charge in [-0.25, -0.2) is 17.7 Å². The summed E-state index contributed by atoms with van der Waals surface area (Å²) in [5, 5.41) is 6.18. The molecule has 30 heavy (non-hydrogen) atoms. The summed E-state index contributed by atoms with van der Waals surface area (Å²) in [6.07, 6.45) is 5.83. The zero-order valence-corrected chi connectivity index (χ0v) is 19.1. The summed E-state index contributed by atoms with van der Waals surface area (Å²) in [7, 11) is -3.10. The summed E-state index contributed by atoms with van der Waals surface area (Å²) in [5.74, 6) is 0.592. The fourth-order valence-electron chi connectivity index (χ4n) is 5.69. The first kappa shape index (κ1) is 20.4. The van der Waals surface area contributed by atoms with Crippen LogP contribution < -0.4 is 5.32 Å². The molecule has 3 saturated carbocycles. The maximum Gasteiger partial charge on any atom is 0.232 e. The number of rotatable bonds is 5. The van der Waals surface area contributed by atoms with Crippen LogP contribution in [-0.4, -0.2) is 43.0 Å². The van der Waals surface area contributed by atoms with Crippen molar-refractivity contribution in [1.29, 1.82) is 0 Å². The maximum absolute atomic E-state index is 12.9. The Morgan fingerprint density at radius 1 is 1.23 bits per heavy atom. The third kappa shape index (κ3) is 3.28. The highest BCUT2D eigenvalue weighted by Crippen LogP contribution is 2.77. The predicted molar refractivity (Wildman–Crippen MR) is 119 cm³/mol. The molecule has 9 heteroatoms. The van der Waals surface area contributed by atoms with Crippen molar-refractivity contribution in [3.63, 3.8) is 0 Å². The van der Waals surface area contributed by atoms with Crippen LogP contribution in [0.1, 0.15) is 32.1 Å². The number of nitrogens with zero attached hydrogens (tertiary/aromatic N) is 2. The lowest BCUT2D eigenvalue weighted by Gasteiger charge is -2.72. The van der Waals surface area contributed by atoms with E-state index in [1.54, 1.807) is 4.31 Å². The molecular weight excluding hydrogens is 442 g/mol. The number of carbonyl (C=O) groups is 1. The number of aromatic nitrogens is 1. The minimum absolute atomic E-state index is 0.0676. The second-order valence-electron chi connectivity index (χ2n) is 9.08. The molecule has 1 saturated heterocycles. The Hall–Kier alpha value is -1.48. The topological polar surface area (TPSA) is 79.4 Å². The van der Waals surface area contributed by atoms with E-state index in [1.807, 2.05) is 29.6 Å². The number of hydrogen-bond acceptors (Lipinski definition) is 5. The van der Waals surface area contributed by atoms with Crippen molar-refractivity contribution >= 4 is 44.0 Å². The molecule has 1 N–H and O–H groups in total. The van der Waals surface area contributed by atoms with E-state index in [0.29, 0.717) is 29.2 Å². The molecule has 2 heterocycles. The van der Waals surface area contributed by atoms with E-state index in [0.717, 1.165) is 43.4 Å². The van der Waals surface area contributed by atoms with E-state index >= 15 is 0 Å². The van der Waals surface area contributed by atoms with Crippen LogP contribution in [0, 0.1) is 16.7 Å². The molecule has 6 rings (SSSR count). The third-order valence-corrected chi connectivity index (χ3v) is 9.61. The van der Waals surface area contributed by atoms with Gasteiger partial charge in [0.25, 0.3) is 0 Å². The number of halogens is 1. The lowest BCUT2D eigenvalue weighted by molar-refractivity contribution is -0.230. The number of thiazole rings is 1. The van der Waals surface area contributed by atoms with E-state index in [2.05, 4.69) is 10.3 Å². The molecule has 0 atom stereocenters. The Morgan fingerprint density at radius 3 is 2.53 bits per heavy atom. The zero-order valence-electron chi connectivity index (χ0n) is 16.7. The number of hydrogen-bond donors (Lipinski definition) is 1. The number of sulfonamides is 1. The van der Waals surface area contributed by atoms with Crippen LogP contribution in [-0.2, 0) is 14.8 Å². The molecule has 0 radical (unpaired) electrons. The maximum atomic E-state index is 12.9. The van der Waals surface area contributed by atoms with Crippen molar-refractivity contribution in [3.05, 3.63) is 34.7 Å². The normalized spacial score (nSPS) is 29.1. The second-order valence-corrected chi connectivity index (χ2v) is 12.3. The number of carbonyl (C=O) groups excluding carboxylic acids is 1. The molecule has 0 unspecified atom stereocenters. The smallest absolute Gasteiger partial charge is 0.232 e. The molecule has 2 bridgehead atoms. The molecule has 6 nitrogen and oxygen atoms in total. The lowest BCUT2D eigenvalue weighted by Crippen LogP contribution is -2.69. The Balaban J connectivity index is 1.18. The first-order valence-corrected chi connectivity index (χ1v) is 13.3. The van der Waals surface area contributed by atoms with Gasteiger partial charge in [-0.1, -0.05) is 29.8 Å². The highest BCUT2D eigenvalue weighted by molar-refractivity contribution is 7.88. The van der Waals surface area contributed by atoms with Crippen LogP contribution in [0.25, 0.3) is 11.3 Å². The average molecular weight is 466 g/mol. The lowest BCUT2D eigenvalue weighted by atomic mass is 9.31. The van der Waals surface area contributed by atoms with Gasteiger partial charge in [0, 0.05) is 29.1 Å². The van der Waals surface area contributed by atoms with Crippen LogP contribution in [0.3, 0.4) is 0 Å². The molecule has 4 aliphatic rings. The second kappa shape index (κ2) is 7.02. The average Bonchev–Trinajstić information content (AvgIpc) is 3.08. The molecule has 1 amide bonds. The first-order valence-electron chi connectivity index (χ1n) is 10.2. The number of amides is 1. The van der Waals surface area contributed by atoms with Crippen LogP contribution in [0.4, 0.5) is 5.13 Å². The number of nitrogens with one attached hydrogen (secondary N) is 1. The van der Waals surface area contributed by atoms with Gasteiger partial charge in [-0.3, -0.25) is 4.79 Å². The summed E-state index contributed by atoms with van der Waals surface area (Å²) in [5.41, 5.74) is 1.62. The van der Waals surface area contributed by atoms with Crippen LogP contribution in [0.2, 0.25) is 5.02 Å². The Labute approximate surface area is 185 Å². The first-order chi connectivity index (χ1) is 14.2. The van der Waals surface area contributed by atoms with E-state index < -0.39 is 10.0 Å². The summed E-state index contributed by atoms with van der Waals surface area (Å²) >= 11 is 7.66. The van der Waals surface area contributed by atoms with Gasteiger partial charge < -0.3 is 5.32 Å². The predicted octanol–water partition coefficient (Wildman–Crippen LogP) is 4.24. The third-order valence-electron chi connectivity index (χ3n) is 7.22. The Bertz CT molecular complexity index is 1090. The zero-order chi connectivity index (χ0) is 21.1. The van der Waals surface area contributed by atoms with Crippen LogP contribution in [0.15, 0.2) is 29.6 Å². The van der Waals surface area contributed by atoms with Crippen molar-refractivity contribution in [2.45, 2.75) is 32.1 Å². The van der Waals surface area contributed by atoms with Crippen molar-refractivity contribution in [2.24, 2.45) is 16.7 Å². The summed E-state index contributed by atoms with van der Waals surface area (Å²) in [6, 6.07) is 7.55. The fraction of sp³-hybridized carbons (Fsp3) is 0.524. The summed E-state index contributed by atoms with van der Waals surface area (Å²) in [4.78, 5) is 17.5. The largest absolute Gasteiger partial charge is 0.301 e. The standard InChI is InChI=1S/C21H24ClN3O3S2/c1-30(27,28)25-8-6-14(7-9-25)20-11-21(12-20,13-20)18(26)24-19-23-17(10-29-19)15-4-2-3-5-16(15)22/h2-5,10,14H,6-9,11-13H2,1H3,(H,23,24,26). The van der Waals surface area contributed by atoms with Gasteiger partial charge >= 0.3 is 0 Å². The number of anilines is 1. The Kier molecular flexibility index (Phi) is 4.78. The molecule has 1 aliphatic heterocycles. The molecule has 3 aliphatic carbocycles. The number of piperidine rings is 1. The van der Waals surface area contributed by atoms with E-state index in [-0.39, 0.29) is 16.7 Å². The van der Waals surface area contributed by atoms with Gasteiger partial charge in [-0.2, -0.15) is 0 Å². The monoisotopic (exact) mass is 465 g/mol. The summed E-state index contributed by atoms with van der Waals surface area (Å²) < 4.78 is 25.0. The summed E-state index contributed by atoms with van der Waals surface area (Å²) in [6.45, 7) is 1.21. The highest BCUT2D eigenvalue weighted by Gasteiger charge is 2.73. The van der Waals surface area contributed by atoms with Crippen LogP contribution >= 0.6 is 22.9 Å². The fourth-order valence-corrected chi connectivity index (χ4v) is 7.51. The molecule has 160 valence electrons. The van der Waals surface area contributed by atoms with Gasteiger partial charge in [0.05, 0.1) is 17.4 Å². The van der Waals surface area contributed by atoms with E-state index in [1.165, 1.54) is 17.6 Å². The SMILES string of the molecule is CS(=O)(=O)N1CCC(C23CC(C(=O)Nc4nc(-c5ccccc5Cl)cs4)(C2)C3)CC1. The molecule has 4 fully saturated rings. The molecule has 1 aromatic heterocycles. The minimum atomic E-state index is -3.10.